The number of carbonyl (C=O) groups is 3. The predicted molar refractivity (Wildman–Crippen MR) is 108 cm³/mol. The lowest BCUT2D eigenvalue weighted by Crippen LogP contribution is -2.05. The normalized spacial score (nSPS) is 10.2. The fourth-order valence-electron chi connectivity index (χ4n) is 2.17. The Morgan fingerprint density at radius 2 is 1.31 bits per heavy atom. The van der Waals surface area contributed by atoms with Crippen LogP contribution in [-0.4, -0.2) is 24.5 Å². The molecule has 0 bridgehead atoms. The van der Waals surface area contributed by atoms with E-state index < -0.39 is 17.9 Å². The summed E-state index contributed by atoms with van der Waals surface area (Å²) in [5, 5.41) is 0. The fraction of sp³-hybridized carbons (Fsp3) is 0.0870. The topological polar surface area (TPSA) is 78.9 Å². The molecule has 2 aromatic carbocycles. The molecule has 148 valence electrons. The summed E-state index contributed by atoms with van der Waals surface area (Å²) >= 11 is 0. The summed E-state index contributed by atoms with van der Waals surface area (Å²) in [5.74, 6) is -0.748. The molecule has 0 radical (unpaired) electrons. The molecule has 29 heavy (non-hydrogen) atoms. The van der Waals surface area contributed by atoms with E-state index in [1.54, 1.807) is 54.6 Å². The maximum atomic E-state index is 11.9. The van der Waals surface area contributed by atoms with Gasteiger partial charge in [-0.05, 0) is 41.5 Å². The Hall–Kier alpha value is -3.93. The van der Waals surface area contributed by atoms with Crippen molar-refractivity contribution in [3.05, 3.63) is 91.0 Å². The fourth-order valence-corrected chi connectivity index (χ4v) is 2.17. The average Bonchev–Trinajstić information content (AvgIpc) is 2.74. The van der Waals surface area contributed by atoms with Crippen molar-refractivity contribution in [3.8, 4) is 11.5 Å². The first-order valence-electron chi connectivity index (χ1n) is 8.72. The Kier molecular flexibility index (Phi) is 8.13. The Morgan fingerprint density at radius 1 is 0.759 bits per heavy atom. The van der Waals surface area contributed by atoms with Crippen molar-refractivity contribution in [2.24, 2.45) is 0 Å². The summed E-state index contributed by atoms with van der Waals surface area (Å²) < 4.78 is 15.1. The van der Waals surface area contributed by atoms with Crippen LogP contribution in [0, 0.1) is 0 Å². The summed E-state index contributed by atoms with van der Waals surface area (Å²) in [5.41, 5.74) is 1.68. The first-order chi connectivity index (χ1) is 14.0. The number of ether oxygens (including phenoxy) is 3. The zero-order chi connectivity index (χ0) is 21.1. The third-order valence-electron chi connectivity index (χ3n) is 3.62. The van der Waals surface area contributed by atoms with Crippen molar-refractivity contribution in [2.75, 3.05) is 6.61 Å². The summed E-state index contributed by atoms with van der Waals surface area (Å²) in [4.78, 5) is 34.1. The first kappa shape index (κ1) is 21.4. The molecule has 0 amide bonds. The molecule has 2 aromatic rings. The van der Waals surface area contributed by atoms with Crippen LogP contribution in [0.1, 0.15) is 11.1 Å². The Balaban J connectivity index is 1.83. The van der Waals surface area contributed by atoms with Gasteiger partial charge in [-0.3, -0.25) is 0 Å². The highest BCUT2D eigenvalue weighted by molar-refractivity contribution is 5.88. The van der Waals surface area contributed by atoms with Crippen LogP contribution in [0.3, 0.4) is 0 Å². The van der Waals surface area contributed by atoms with Gasteiger partial charge in [-0.2, -0.15) is 0 Å². The lowest BCUT2D eigenvalue weighted by molar-refractivity contribution is -0.137. The van der Waals surface area contributed by atoms with Crippen LogP contribution in [0.5, 0.6) is 11.5 Å². The summed E-state index contributed by atoms with van der Waals surface area (Å²) in [6.07, 6.45) is 5.62. The average molecular weight is 392 g/mol. The highest BCUT2D eigenvalue weighted by Gasteiger charge is 2.03. The zero-order valence-electron chi connectivity index (χ0n) is 15.7. The molecule has 0 aliphatic carbocycles. The molecule has 0 aliphatic rings. The molecular weight excluding hydrogens is 372 g/mol. The van der Waals surface area contributed by atoms with E-state index in [4.69, 9.17) is 14.2 Å². The number of benzene rings is 2. The lowest BCUT2D eigenvalue weighted by atomic mass is 10.1. The lowest BCUT2D eigenvalue weighted by Gasteiger charge is -2.05. The van der Waals surface area contributed by atoms with Gasteiger partial charge in [-0.25, -0.2) is 14.4 Å². The van der Waals surface area contributed by atoms with Gasteiger partial charge in [0.1, 0.15) is 11.5 Å². The van der Waals surface area contributed by atoms with Crippen LogP contribution in [0.25, 0.3) is 6.08 Å². The molecule has 0 atom stereocenters. The van der Waals surface area contributed by atoms with Crippen molar-refractivity contribution >= 4 is 24.0 Å². The smallest absolute Gasteiger partial charge is 0.336 e. The minimum atomic E-state index is -0.541. The standard InChI is InChI=1S/C23H20O6/c1-3-21(24)27-16-15-18-7-12-20(13-8-18)29-23(26)14-9-17-5-10-19(11-6-17)28-22(25)4-2/h3-14H,1-2,15-16H2/b14-9+. The monoisotopic (exact) mass is 392 g/mol. The van der Waals surface area contributed by atoms with Gasteiger partial charge in [0.2, 0.25) is 0 Å². The van der Waals surface area contributed by atoms with Crippen LogP contribution < -0.4 is 9.47 Å². The first-order valence-corrected chi connectivity index (χ1v) is 8.72. The van der Waals surface area contributed by atoms with E-state index in [-0.39, 0.29) is 6.61 Å². The molecule has 6 nitrogen and oxygen atoms in total. The predicted octanol–water partition coefficient (Wildman–Crippen LogP) is 3.67. The minimum absolute atomic E-state index is 0.248. The van der Waals surface area contributed by atoms with Gasteiger partial charge in [-0.15, -0.1) is 0 Å². The van der Waals surface area contributed by atoms with Crippen LogP contribution in [0.4, 0.5) is 0 Å². The van der Waals surface area contributed by atoms with Crippen LogP contribution in [0.2, 0.25) is 0 Å². The number of esters is 3. The number of rotatable bonds is 9. The summed E-state index contributed by atoms with van der Waals surface area (Å²) in [6, 6.07) is 13.5. The number of carbonyl (C=O) groups excluding carboxylic acids is 3. The van der Waals surface area contributed by atoms with E-state index >= 15 is 0 Å². The maximum Gasteiger partial charge on any atom is 0.336 e. The van der Waals surface area contributed by atoms with E-state index in [0.717, 1.165) is 23.3 Å². The Bertz CT molecular complexity index is 907. The van der Waals surface area contributed by atoms with E-state index in [1.807, 2.05) is 0 Å². The molecule has 0 saturated carbocycles. The molecule has 0 spiro atoms. The Morgan fingerprint density at radius 3 is 1.90 bits per heavy atom. The largest absolute Gasteiger partial charge is 0.462 e. The molecule has 0 heterocycles. The van der Waals surface area contributed by atoms with Crippen molar-refractivity contribution < 1.29 is 28.6 Å². The van der Waals surface area contributed by atoms with Gasteiger partial charge in [-0.1, -0.05) is 37.4 Å². The molecule has 2 rings (SSSR count). The molecule has 6 heteroatoms. The van der Waals surface area contributed by atoms with E-state index in [0.29, 0.717) is 17.9 Å². The molecular formula is C23H20O6. The Labute approximate surface area is 168 Å². The number of hydrogen-bond donors (Lipinski definition) is 0. The second-order valence-electron chi connectivity index (χ2n) is 5.71. The van der Waals surface area contributed by atoms with Gasteiger partial charge in [0.25, 0.3) is 0 Å². The van der Waals surface area contributed by atoms with E-state index in [1.165, 1.54) is 6.08 Å². The van der Waals surface area contributed by atoms with Crippen LogP contribution in [-0.2, 0) is 25.5 Å². The zero-order valence-corrected chi connectivity index (χ0v) is 15.7. The van der Waals surface area contributed by atoms with Crippen molar-refractivity contribution in [2.45, 2.75) is 6.42 Å². The van der Waals surface area contributed by atoms with Crippen molar-refractivity contribution in [1.82, 2.24) is 0 Å². The second kappa shape index (κ2) is 11.0. The van der Waals surface area contributed by atoms with Crippen LogP contribution >= 0.6 is 0 Å². The highest BCUT2D eigenvalue weighted by atomic mass is 16.5. The second-order valence-corrected chi connectivity index (χ2v) is 5.71. The molecule has 0 aromatic heterocycles. The summed E-state index contributed by atoms with van der Waals surface area (Å²) in [7, 11) is 0. The minimum Gasteiger partial charge on any atom is -0.462 e. The maximum absolute atomic E-state index is 11.9. The SMILES string of the molecule is C=CC(=O)OCCc1ccc(OC(=O)/C=C/c2ccc(OC(=O)C=C)cc2)cc1. The van der Waals surface area contributed by atoms with Crippen LogP contribution in [0.15, 0.2) is 79.9 Å². The van der Waals surface area contributed by atoms with E-state index in [2.05, 4.69) is 13.2 Å². The van der Waals surface area contributed by atoms with Gasteiger partial charge in [0, 0.05) is 24.6 Å². The molecule has 0 saturated heterocycles. The summed E-state index contributed by atoms with van der Waals surface area (Å²) in [6.45, 7) is 6.90. The third-order valence-corrected chi connectivity index (χ3v) is 3.62. The van der Waals surface area contributed by atoms with Crippen molar-refractivity contribution in [3.63, 3.8) is 0 Å². The number of hydrogen-bond acceptors (Lipinski definition) is 6. The molecule has 0 fully saturated rings. The highest BCUT2D eigenvalue weighted by Crippen LogP contribution is 2.15. The molecule has 0 aliphatic heterocycles. The molecule has 0 N–H and O–H groups in total. The third kappa shape index (κ3) is 7.68. The van der Waals surface area contributed by atoms with Gasteiger partial charge >= 0.3 is 17.9 Å². The van der Waals surface area contributed by atoms with Gasteiger partial charge in [0.05, 0.1) is 6.61 Å². The van der Waals surface area contributed by atoms with E-state index in [9.17, 15) is 14.4 Å². The quantitative estimate of drug-likeness (QED) is 0.368. The van der Waals surface area contributed by atoms with Gasteiger partial charge in [0.15, 0.2) is 0 Å². The van der Waals surface area contributed by atoms with Crippen molar-refractivity contribution in [1.29, 1.82) is 0 Å². The molecule has 0 unspecified atom stereocenters. The van der Waals surface area contributed by atoms with Gasteiger partial charge < -0.3 is 14.2 Å².